The summed E-state index contributed by atoms with van der Waals surface area (Å²) in [6, 6.07) is 3.20. The molecule has 0 radical (unpaired) electrons. The van der Waals surface area contributed by atoms with Gasteiger partial charge in [-0.05, 0) is 31.4 Å². The molecule has 5 heteroatoms. The van der Waals surface area contributed by atoms with E-state index in [0.29, 0.717) is 6.04 Å². The maximum absolute atomic E-state index is 5.59. The topological polar surface area (TPSA) is 50.3 Å². The van der Waals surface area contributed by atoms with Crippen LogP contribution in [0, 0.1) is 6.92 Å². The van der Waals surface area contributed by atoms with Crippen LogP contribution in [0.2, 0.25) is 0 Å². The van der Waals surface area contributed by atoms with Crippen LogP contribution in [0.1, 0.15) is 18.4 Å². The van der Waals surface area contributed by atoms with Crippen LogP contribution in [0.15, 0.2) is 12.3 Å². The zero-order chi connectivity index (χ0) is 12.4. The Morgan fingerprint density at radius 1 is 1.50 bits per heavy atom. The molecule has 2 fully saturated rings. The Labute approximate surface area is 108 Å². The summed E-state index contributed by atoms with van der Waals surface area (Å²) in [5, 5.41) is 11.9. The second-order valence-corrected chi connectivity index (χ2v) is 5.20. The normalized spacial score (nSPS) is 24.3. The first-order valence-electron chi connectivity index (χ1n) is 6.70. The summed E-state index contributed by atoms with van der Waals surface area (Å²) in [6.07, 6.45) is 4.43. The highest BCUT2D eigenvalue weighted by Gasteiger charge is 2.27. The molecule has 18 heavy (non-hydrogen) atoms. The molecular formula is C13H20N4O. The van der Waals surface area contributed by atoms with E-state index in [1.54, 1.807) is 6.20 Å². The van der Waals surface area contributed by atoms with Crippen LogP contribution in [0.3, 0.4) is 0 Å². The minimum Gasteiger partial charge on any atom is -0.377 e. The van der Waals surface area contributed by atoms with Crippen LogP contribution in [0.25, 0.3) is 0 Å². The number of rotatable bonds is 4. The Balaban J connectivity index is 1.69. The molecule has 1 saturated heterocycles. The molecule has 3 rings (SSSR count). The largest absolute Gasteiger partial charge is 0.377 e. The molecule has 1 aliphatic carbocycles. The van der Waals surface area contributed by atoms with Gasteiger partial charge in [0.05, 0.1) is 25.5 Å². The Morgan fingerprint density at radius 2 is 2.39 bits per heavy atom. The number of ether oxygens (including phenoxy) is 1. The average Bonchev–Trinajstić information content (AvgIpc) is 3.21. The predicted molar refractivity (Wildman–Crippen MR) is 69.7 cm³/mol. The fraction of sp³-hybridized carbons (Fsp3) is 0.692. The van der Waals surface area contributed by atoms with Gasteiger partial charge in [0.25, 0.3) is 0 Å². The van der Waals surface area contributed by atoms with Crippen molar-refractivity contribution < 1.29 is 4.74 Å². The number of nitrogens with one attached hydrogen (secondary N) is 1. The number of hydrogen-bond acceptors (Lipinski definition) is 5. The molecule has 0 spiro atoms. The molecule has 1 atom stereocenters. The Hall–Kier alpha value is -1.20. The number of nitrogens with zero attached hydrogens (tertiary/aromatic N) is 3. The molecule has 0 amide bonds. The molecule has 1 aromatic heterocycles. The summed E-state index contributed by atoms with van der Waals surface area (Å²) in [5.74, 6) is 0.973. The number of aromatic nitrogens is 2. The molecule has 1 aliphatic heterocycles. The molecule has 2 heterocycles. The summed E-state index contributed by atoms with van der Waals surface area (Å²) < 4.78 is 5.59. The van der Waals surface area contributed by atoms with Crippen LogP contribution in [0.4, 0.5) is 5.82 Å². The van der Waals surface area contributed by atoms with Gasteiger partial charge in [-0.2, -0.15) is 5.10 Å². The smallest absolute Gasteiger partial charge is 0.151 e. The van der Waals surface area contributed by atoms with E-state index in [-0.39, 0.29) is 0 Å². The van der Waals surface area contributed by atoms with Gasteiger partial charge in [0.15, 0.2) is 5.82 Å². The summed E-state index contributed by atoms with van der Waals surface area (Å²) in [7, 11) is 0. The molecule has 1 aromatic rings. The van der Waals surface area contributed by atoms with Crippen molar-refractivity contribution in [1.82, 2.24) is 15.5 Å². The molecule has 1 N–H and O–H groups in total. The van der Waals surface area contributed by atoms with Crippen molar-refractivity contribution in [2.24, 2.45) is 0 Å². The number of anilines is 1. The van der Waals surface area contributed by atoms with Crippen molar-refractivity contribution >= 4 is 5.82 Å². The van der Waals surface area contributed by atoms with Gasteiger partial charge in [0, 0.05) is 19.1 Å². The minimum atomic E-state index is 0.371. The van der Waals surface area contributed by atoms with E-state index in [0.717, 1.165) is 43.7 Å². The maximum Gasteiger partial charge on any atom is 0.151 e. The fourth-order valence-electron chi connectivity index (χ4n) is 2.30. The fourth-order valence-corrected chi connectivity index (χ4v) is 2.30. The molecule has 5 nitrogen and oxygen atoms in total. The Bertz CT molecular complexity index is 408. The lowest BCUT2D eigenvalue weighted by Gasteiger charge is -2.36. The van der Waals surface area contributed by atoms with Crippen molar-refractivity contribution in [3.05, 3.63) is 17.8 Å². The molecule has 1 saturated carbocycles. The van der Waals surface area contributed by atoms with Crippen LogP contribution in [-0.4, -0.2) is 48.6 Å². The van der Waals surface area contributed by atoms with E-state index in [1.807, 2.05) is 0 Å². The van der Waals surface area contributed by atoms with Gasteiger partial charge in [0.2, 0.25) is 0 Å². The molecule has 1 unspecified atom stereocenters. The molecular weight excluding hydrogens is 228 g/mol. The van der Waals surface area contributed by atoms with E-state index >= 15 is 0 Å². The number of hydrogen-bond donors (Lipinski definition) is 1. The van der Waals surface area contributed by atoms with E-state index in [9.17, 15) is 0 Å². The molecule has 98 valence electrons. The van der Waals surface area contributed by atoms with Crippen LogP contribution in [0.5, 0.6) is 0 Å². The van der Waals surface area contributed by atoms with Gasteiger partial charge in [-0.1, -0.05) is 0 Å². The van der Waals surface area contributed by atoms with Gasteiger partial charge < -0.3 is 15.0 Å². The zero-order valence-electron chi connectivity index (χ0n) is 10.8. The lowest BCUT2D eigenvalue weighted by Crippen LogP contribution is -2.51. The SMILES string of the molecule is Cc1cnnc(N2CCOCC2CNC2CC2)c1. The lowest BCUT2D eigenvalue weighted by molar-refractivity contribution is 0.0931. The van der Waals surface area contributed by atoms with E-state index < -0.39 is 0 Å². The number of aryl methyl sites for hydroxylation is 1. The zero-order valence-corrected chi connectivity index (χ0v) is 10.8. The van der Waals surface area contributed by atoms with Gasteiger partial charge >= 0.3 is 0 Å². The maximum atomic E-state index is 5.59. The Kier molecular flexibility index (Phi) is 3.43. The summed E-state index contributed by atoms with van der Waals surface area (Å²) >= 11 is 0. The van der Waals surface area contributed by atoms with Crippen molar-refractivity contribution in [2.45, 2.75) is 31.8 Å². The van der Waals surface area contributed by atoms with Gasteiger partial charge in [-0.15, -0.1) is 5.10 Å². The quantitative estimate of drug-likeness (QED) is 0.852. The molecule has 0 bridgehead atoms. The van der Waals surface area contributed by atoms with Crippen molar-refractivity contribution in [1.29, 1.82) is 0 Å². The third kappa shape index (κ3) is 2.79. The lowest BCUT2D eigenvalue weighted by atomic mass is 10.2. The number of morpholine rings is 1. The first-order valence-corrected chi connectivity index (χ1v) is 6.70. The summed E-state index contributed by atoms with van der Waals surface area (Å²) in [6.45, 7) is 5.47. The van der Waals surface area contributed by atoms with E-state index in [1.165, 1.54) is 12.8 Å². The summed E-state index contributed by atoms with van der Waals surface area (Å²) in [5.41, 5.74) is 1.15. The van der Waals surface area contributed by atoms with Gasteiger partial charge in [-0.3, -0.25) is 0 Å². The standard InChI is InChI=1S/C13H20N4O/c1-10-6-13(16-15-7-10)17-4-5-18-9-12(17)8-14-11-2-3-11/h6-7,11-12,14H,2-5,8-9H2,1H3. The predicted octanol–water partition coefficient (Wildman–Crippen LogP) is 0.742. The average molecular weight is 248 g/mol. The van der Waals surface area contributed by atoms with Gasteiger partial charge in [-0.25, -0.2) is 0 Å². The monoisotopic (exact) mass is 248 g/mol. The second-order valence-electron chi connectivity index (χ2n) is 5.20. The van der Waals surface area contributed by atoms with Crippen molar-refractivity contribution in [2.75, 3.05) is 31.2 Å². The highest BCUT2D eigenvalue weighted by atomic mass is 16.5. The highest BCUT2D eigenvalue weighted by molar-refractivity contribution is 5.41. The van der Waals surface area contributed by atoms with Crippen molar-refractivity contribution in [3.8, 4) is 0 Å². The third-order valence-corrected chi connectivity index (χ3v) is 3.52. The highest BCUT2D eigenvalue weighted by Crippen LogP contribution is 2.21. The van der Waals surface area contributed by atoms with Crippen LogP contribution in [-0.2, 0) is 4.74 Å². The van der Waals surface area contributed by atoms with E-state index in [2.05, 4.69) is 33.4 Å². The third-order valence-electron chi connectivity index (χ3n) is 3.52. The molecule has 0 aromatic carbocycles. The van der Waals surface area contributed by atoms with E-state index in [4.69, 9.17) is 4.74 Å². The Morgan fingerprint density at radius 3 is 3.17 bits per heavy atom. The summed E-state index contributed by atoms with van der Waals surface area (Å²) in [4.78, 5) is 2.32. The van der Waals surface area contributed by atoms with Crippen LogP contribution < -0.4 is 10.2 Å². The molecule has 2 aliphatic rings. The minimum absolute atomic E-state index is 0.371. The van der Waals surface area contributed by atoms with Crippen molar-refractivity contribution in [3.63, 3.8) is 0 Å². The van der Waals surface area contributed by atoms with Gasteiger partial charge in [0.1, 0.15) is 0 Å². The second kappa shape index (κ2) is 5.20. The van der Waals surface area contributed by atoms with Crippen LogP contribution >= 0.6 is 0 Å². The first-order chi connectivity index (χ1) is 8.83. The first kappa shape index (κ1) is 11.9.